The summed E-state index contributed by atoms with van der Waals surface area (Å²) in [6, 6.07) is 9.32. The normalized spacial score (nSPS) is 14.1. The number of fused-ring (bicyclic) bond motifs is 2. The van der Waals surface area contributed by atoms with Gasteiger partial charge in [0.05, 0.1) is 31.0 Å². The first-order chi connectivity index (χ1) is 15.7. The molecule has 6 nitrogen and oxygen atoms in total. The zero-order valence-corrected chi connectivity index (χ0v) is 17.9. The molecular formula is C24H20F3N3O3. The number of aryl methyl sites for hydroxylation is 1. The van der Waals surface area contributed by atoms with Crippen molar-refractivity contribution in [2.75, 3.05) is 20.2 Å². The SMILES string of the molecule is COc1cc(-c2coc3cc(-c4cn(C)cn4)ccc23)cc2c1C(=O)N(CC(F)(F)F)CC2. The van der Waals surface area contributed by atoms with Crippen molar-refractivity contribution in [3.63, 3.8) is 0 Å². The second-order valence-electron chi connectivity index (χ2n) is 8.09. The molecule has 1 aliphatic heterocycles. The van der Waals surface area contributed by atoms with Crippen LogP contribution in [0.1, 0.15) is 15.9 Å². The maximum atomic E-state index is 12.9. The van der Waals surface area contributed by atoms with Crippen molar-refractivity contribution in [2.24, 2.45) is 7.05 Å². The van der Waals surface area contributed by atoms with E-state index in [0.717, 1.165) is 32.7 Å². The molecule has 0 saturated heterocycles. The Morgan fingerprint density at radius 3 is 2.70 bits per heavy atom. The largest absolute Gasteiger partial charge is 0.496 e. The molecule has 33 heavy (non-hydrogen) atoms. The van der Waals surface area contributed by atoms with E-state index >= 15 is 0 Å². The Labute approximate surface area is 187 Å². The lowest BCUT2D eigenvalue weighted by molar-refractivity contribution is -0.141. The van der Waals surface area contributed by atoms with Crippen LogP contribution < -0.4 is 4.74 Å². The van der Waals surface area contributed by atoms with E-state index in [4.69, 9.17) is 9.15 Å². The van der Waals surface area contributed by atoms with Gasteiger partial charge in [-0.15, -0.1) is 0 Å². The molecule has 2 aromatic heterocycles. The Balaban J connectivity index is 1.54. The lowest BCUT2D eigenvalue weighted by atomic mass is 9.92. The van der Waals surface area contributed by atoms with Gasteiger partial charge in [-0.2, -0.15) is 13.2 Å². The molecule has 1 amide bonds. The Bertz CT molecular complexity index is 1350. The van der Waals surface area contributed by atoms with E-state index in [1.807, 2.05) is 42.1 Å². The van der Waals surface area contributed by atoms with Crippen LogP contribution in [0.25, 0.3) is 33.4 Å². The van der Waals surface area contributed by atoms with Crippen LogP contribution in [0.2, 0.25) is 0 Å². The maximum absolute atomic E-state index is 12.9. The number of hydrogen-bond acceptors (Lipinski definition) is 4. The van der Waals surface area contributed by atoms with Gasteiger partial charge in [-0.1, -0.05) is 6.07 Å². The fourth-order valence-electron chi connectivity index (χ4n) is 4.28. The minimum atomic E-state index is -4.45. The van der Waals surface area contributed by atoms with Crippen LogP contribution in [0.3, 0.4) is 0 Å². The number of carbonyl (C=O) groups is 1. The number of methoxy groups -OCH3 is 1. The third kappa shape index (κ3) is 3.83. The Morgan fingerprint density at radius 2 is 2.00 bits per heavy atom. The summed E-state index contributed by atoms with van der Waals surface area (Å²) in [5.74, 6) is -0.423. The summed E-state index contributed by atoms with van der Waals surface area (Å²) in [6.45, 7) is -1.28. The van der Waals surface area contributed by atoms with Gasteiger partial charge in [0.15, 0.2) is 0 Å². The number of amides is 1. The molecule has 0 bridgehead atoms. The van der Waals surface area contributed by atoms with E-state index in [-0.39, 0.29) is 17.9 Å². The number of benzene rings is 2. The molecule has 0 radical (unpaired) electrons. The van der Waals surface area contributed by atoms with Crippen LogP contribution in [0, 0.1) is 0 Å². The molecule has 4 aromatic rings. The average molecular weight is 455 g/mol. The fraction of sp³-hybridized carbons (Fsp3) is 0.250. The summed E-state index contributed by atoms with van der Waals surface area (Å²) < 4.78 is 51.7. The summed E-state index contributed by atoms with van der Waals surface area (Å²) in [7, 11) is 3.30. The molecule has 0 spiro atoms. The number of alkyl halides is 3. The monoisotopic (exact) mass is 455 g/mol. The van der Waals surface area contributed by atoms with E-state index in [0.29, 0.717) is 17.6 Å². The van der Waals surface area contributed by atoms with Crippen molar-refractivity contribution in [1.29, 1.82) is 0 Å². The van der Waals surface area contributed by atoms with Gasteiger partial charge in [-0.25, -0.2) is 4.98 Å². The second kappa shape index (κ2) is 7.68. The molecule has 2 aromatic carbocycles. The van der Waals surface area contributed by atoms with E-state index in [1.165, 1.54) is 7.11 Å². The lowest BCUT2D eigenvalue weighted by Crippen LogP contribution is -2.43. The molecule has 5 rings (SSSR count). The predicted octanol–water partition coefficient (Wildman–Crippen LogP) is 5.07. The lowest BCUT2D eigenvalue weighted by Gasteiger charge is -2.30. The summed E-state index contributed by atoms with van der Waals surface area (Å²) in [4.78, 5) is 18.0. The number of ether oxygens (including phenoxy) is 1. The van der Waals surface area contributed by atoms with Gasteiger partial charge in [-0.05, 0) is 41.8 Å². The van der Waals surface area contributed by atoms with Crippen LogP contribution in [0.4, 0.5) is 13.2 Å². The quantitative estimate of drug-likeness (QED) is 0.431. The molecule has 0 fully saturated rings. The van der Waals surface area contributed by atoms with Crippen molar-refractivity contribution in [2.45, 2.75) is 12.6 Å². The molecule has 0 saturated carbocycles. The summed E-state index contributed by atoms with van der Waals surface area (Å²) in [6.07, 6.45) is 1.13. The highest BCUT2D eigenvalue weighted by molar-refractivity contribution is 6.02. The highest BCUT2D eigenvalue weighted by Gasteiger charge is 2.37. The van der Waals surface area contributed by atoms with E-state index in [9.17, 15) is 18.0 Å². The number of hydrogen-bond donors (Lipinski definition) is 0. The zero-order chi connectivity index (χ0) is 23.3. The van der Waals surface area contributed by atoms with Gasteiger partial charge in [0.1, 0.15) is 17.9 Å². The minimum absolute atomic E-state index is 0.00246. The number of nitrogens with zero attached hydrogens (tertiary/aromatic N) is 3. The third-order valence-electron chi connectivity index (χ3n) is 5.81. The maximum Gasteiger partial charge on any atom is 0.406 e. The first kappa shape index (κ1) is 21.1. The number of halogens is 3. The van der Waals surface area contributed by atoms with Gasteiger partial charge < -0.3 is 18.6 Å². The number of aromatic nitrogens is 2. The van der Waals surface area contributed by atoms with Crippen molar-refractivity contribution >= 4 is 16.9 Å². The van der Waals surface area contributed by atoms with Crippen LogP contribution in [0.5, 0.6) is 5.75 Å². The van der Waals surface area contributed by atoms with Crippen molar-refractivity contribution in [1.82, 2.24) is 14.5 Å². The molecule has 3 heterocycles. The van der Waals surface area contributed by atoms with Crippen molar-refractivity contribution in [3.8, 4) is 28.1 Å². The first-order valence-electron chi connectivity index (χ1n) is 10.3. The van der Waals surface area contributed by atoms with Gasteiger partial charge >= 0.3 is 6.18 Å². The average Bonchev–Trinajstić information content (AvgIpc) is 3.40. The highest BCUT2D eigenvalue weighted by Crippen LogP contribution is 2.38. The molecule has 9 heteroatoms. The Hall–Kier alpha value is -3.75. The number of imidazole rings is 1. The van der Waals surface area contributed by atoms with Crippen LogP contribution in [-0.2, 0) is 13.5 Å². The minimum Gasteiger partial charge on any atom is -0.496 e. The zero-order valence-electron chi connectivity index (χ0n) is 17.9. The predicted molar refractivity (Wildman–Crippen MR) is 116 cm³/mol. The summed E-state index contributed by atoms with van der Waals surface area (Å²) in [5, 5.41) is 0.873. The summed E-state index contributed by atoms with van der Waals surface area (Å²) >= 11 is 0. The molecule has 0 N–H and O–H groups in total. The molecule has 170 valence electrons. The van der Waals surface area contributed by atoms with E-state index in [2.05, 4.69) is 4.98 Å². The van der Waals surface area contributed by atoms with Gasteiger partial charge in [0, 0.05) is 36.3 Å². The van der Waals surface area contributed by atoms with Gasteiger partial charge in [-0.3, -0.25) is 4.79 Å². The van der Waals surface area contributed by atoms with Gasteiger partial charge in [0.2, 0.25) is 0 Å². The molecular weight excluding hydrogens is 435 g/mol. The number of rotatable bonds is 4. The topological polar surface area (TPSA) is 60.5 Å². The number of furan rings is 1. The second-order valence-corrected chi connectivity index (χ2v) is 8.09. The third-order valence-corrected chi connectivity index (χ3v) is 5.81. The Morgan fingerprint density at radius 1 is 1.18 bits per heavy atom. The van der Waals surface area contributed by atoms with Crippen LogP contribution in [0.15, 0.2) is 53.5 Å². The van der Waals surface area contributed by atoms with Crippen molar-refractivity contribution < 1.29 is 27.1 Å². The van der Waals surface area contributed by atoms with E-state index in [1.54, 1.807) is 18.7 Å². The van der Waals surface area contributed by atoms with Crippen LogP contribution in [-0.4, -0.2) is 46.7 Å². The molecule has 1 aliphatic rings. The highest BCUT2D eigenvalue weighted by atomic mass is 19.4. The molecule has 0 aliphatic carbocycles. The fourth-order valence-corrected chi connectivity index (χ4v) is 4.28. The summed E-state index contributed by atoms with van der Waals surface area (Å²) in [5.41, 5.74) is 4.85. The standard InChI is InChI=1S/C24H20F3N3O3/c1-29-10-19(28-13-29)14-3-4-17-18(11-33-20(17)8-14)16-7-15-5-6-30(12-24(25,26)27)23(31)22(15)21(9-16)32-2/h3-4,7-11,13H,5-6,12H2,1-2H3. The first-order valence-corrected chi connectivity index (χ1v) is 10.3. The van der Waals surface area contributed by atoms with Crippen LogP contribution >= 0.6 is 0 Å². The van der Waals surface area contributed by atoms with E-state index < -0.39 is 18.6 Å². The number of carbonyl (C=O) groups excluding carboxylic acids is 1. The molecule has 0 unspecified atom stereocenters. The van der Waals surface area contributed by atoms with Gasteiger partial charge in [0.25, 0.3) is 5.91 Å². The molecule has 0 atom stereocenters. The van der Waals surface area contributed by atoms with Crippen molar-refractivity contribution in [3.05, 3.63) is 60.2 Å². The Kier molecular flexibility index (Phi) is 4.92. The smallest absolute Gasteiger partial charge is 0.406 e.